The normalized spacial score (nSPS) is 22.5. The SMILES string of the molecule is Cc1ccc2c(c1)C1(C=Cc3ccccc31)C(=O)N2C. The molecule has 1 heterocycles. The maximum absolute atomic E-state index is 12.9. The van der Waals surface area contributed by atoms with Crippen molar-refractivity contribution in [3.05, 3.63) is 70.8 Å². The first-order valence-electron chi connectivity index (χ1n) is 6.82. The van der Waals surface area contributed by atoms with E-state index < -0.39 is 5.41 Å². The molecule has 1 atom stereocenters. The van der Waals surface area contributed by atoms with Crippen molar-refractivity contribution < 1.29 is 4.79 Å². The fraction of sp³-hybridized carbons (Fsp3) is 0.167. The number of likely N-dealkylation sites (N-methyl/N-ethyl adjacent to an activating group) is 1. The zero-order valence-corrected chi connectivity index (χ0v) is 11.6. The van der Waals surface area contributed by atoms with Crippen molar-refractivity contribution in [3.8, 4) is 0 Å². The van der Waals surface area contributed by atoms with Crippen LogP contribution in [0.25, 0.3) is 6.08 Å². The number of benzene rings is 2. The molecule has 0 fully saturated rings. The van der Waals surface area contributed by atoms with E-state index in [0.717, 1.165) is 22.4 Å². The van der Waals surface area contributed by atoms with E-state index in [-0.39, 0.29) is 5.91 Å². The first kappa shape index (κ1) is 11.5. The quantitative estimate of drug-likeness (QED) is 0.712. The molecule has 0 saturated carbocycles. The van der Waals surface area contributed by atoms with Gasteiger partial charge in [-0.2, -0.15) is 0 Å². The van der Waals surface area contributed by atoms with Crippen molar-refractivity contribution in [3.63, 3.8) is 0 Å². The molecule has 2 aromatic carbocycles. The predicted molar refractivity (Wildman–Crippen MR) is 80.8 cm³/mol. The van der Waals surface area contributed by atoms with E-state index in [1.165, 1.54) is 5.56 Å². The third-order valence-corrected chi connectivity index (χ3v) is 4.48. The molecule has 0 N–H and O–H groups in total. The molecule has 1 amide bonds. The number of rotatable bonds is 0. The van der Waals surface area contributed by atoms with Crippen molar-refractivity contribution in [2.24, 2.45) is 0 Å². The van der Waals surface area contributed by atoms with E-state index in [9.17, 15) is 4.79 Å². The number of nitrogens with zero attached hydrogens (tertiary/aromatic N) is 1. The average Bonchev–Trinajstić information content (AvgIpc) is 2.94. The molecule has 2 aliphatic rings. The van der Waals surface area contributed by atoms with E-state index in [4.69, 9.17) is 0 Å². The zero-order chi connectivity index (χ0) is 13.9. The standard InChI is InChI=1S/C18H15NO/c1-12-7-8-16-15(11-12)18(17(20)19(16)2)10-9-13-5-3-4-6-14(13)18/h3-11H,1-2H3. The molecule has 1 unspecified atom stereocenters. The minimum absolute atomic E-state index is 0.138. The van der Waals surface area contributed by atoms with Crippen LogP contribution in [0.5, 0.6) is 0 Å². The topological polar surface area (TPSA) is 20.3 Å². The van der Waals surface area contributed by atoms with Gasteiger partial charge in [-0.3, -0.25) is 4.79 Å². The van der Waals surface area contributed by atoms with E-state index in [0.29, 0.717) is 0 Å². The van der Waals surface area contributed by atoms with Crippen LogP contribution in [-0.4, -0.2) is 13.0 Å². The highest BCUT2D eigenvalue weighted by atomic mass is 16.2. The summed E-state index contributed by atoms with van der Waals surface area (Å²) < 4.78 is 0. The molecular weight excluding hydrogens is 246 g/mol. The summed E-state index contributed by atoms with van der Waals surface area (Å²) in [6.45, 7) is 2.07. The van der Waals surface area contributed by atoms with Gasteiger partial charge in [-0.05, 0) is 29.7 Å². The third kappa shape index (κ3) is 1.17. The van der Waals surface area contributed by atoms with Gasteiger partial charge in [0.05, 0.1) is 0 Å². The second-order valence-electron chi connectivity index (χ2n) is 5.61. The number of hydrogen-bond donors (Lipinski definition) is 0. The van der Waals surface area contributed by atoms with E-state index in [1.807, 2.05) is 25.2 Å². The summed E-state index contributed by atoms with van der Waals surface area (Å²) in [7, 11) is 1.86. The summed E-state index contributed by atoms with van der Waals surface area (Å²) in [4.78, 5) is 14.7. The monoisotopic (exact) mass is 261 g/mol. The summed E-state index contributed by atoms with van der Waals surface area (Å²) >= 11 is 0. The molecule has 20 heavy (non-hydrogen) atoms. The van der Waals surface area contributed by atoms with Gasteiger partial charge < -0.3 is 4.90 Å². The lowest BCUT2D eigenvalue weighted by Crippen LogP contribution is -2.37. The minimum Gasteiger partial charge on any atom is -0.314 e. The number of amides is 1. The Morgan fingerprint density at radius 1 is 1.05 bits per heavy atom. The van der Waals surface area contributed by atoms with E-state index in [2.05, 4.69) is 43.3 Å². The second kappa shape index (κ2) is 3.60. The molecule has 0 aromatic heterocycles. The Labute approximate surface area is 118 Å². The molecule has 0 bridgehead atoms. The summed E-state index contributed by atoms with van der Waals surface area (Å²) in [6, 6.07) is 14.4. The number of hydrogen-bond acceptors (Lipinski definition) is 1. The number of carbonyl (C=O) groups excluding carboxylic acids is 1. The van der Waals surface area contributed by atoms with Crippen LogP contribution >= 0.6 is 0 Å². The van der Waals surface area contributed by atoms with Gasteiger partial charge in [0.15, 0.2) is 0 Å². The summed E-state index contributed by atoms with van der Waals surface area (Å²) in [5.74, 6) is 0.138. The summed E-state index contributed by atoms with van der Waals surface area (Å²) in [6.07, 6.45) is 4.13. The number of carbonyl (C=O) groups is 1. The van der Waals surface area contributed by atoms with Gasteiger partial charge in [0, 0.05) is 12.7 Å². The van der Waals surface area contributed by atoms with E-state index >= 15 is 0 Å². The molecule has 1 aliphatic carbocycles. The molecule has 2 nitrogen and oxygen atoms in total. The Morgan fingerprint density at radius 3 is 2.70 bits per heavy atom. The van der Waals surface area contributed by atoms with Crippen molar-refractivity contribution in [2.75, 3.05) is 11.9 Å². The lowest BCUT2D eigenvalue weighted by molar-refractivity contribution is -0.120. The smallest absolute Gasteiger partial charge is 0.245 e. The lowest BCUT2D eigenvalue weighted by Gasteiger charge is -2.23. The van der Waals surface area contributed by atoms with Crippen LogP contribution in [0.2, 0.25) is 0 Å². The van der Waals surface area contributed by atoms with Crippen LogP contribution in [0, 0.1) is 6.92 Å². The number of aryl methyl sites for hydroxylation is 1. The van der Waals surface area contributed by atoms with Crippen LogP contribution in [-0.2, 0) is 10.2 Å². The molecule has 98 valence electrons. The van der Waals surface area contributed by atoms with Gasteiger partial charge in [0.2, 0.25) is 5.91 Å². The molecule has 0 radical (unpaired) electrons. The van der Waals surface area contributed by atoms with Gasteiger partial charge in [-0.15, -0.1) is 0 Å². The fourth-order valence-electron chi connectivity index (χ4n) is 3.47. The van der Waals surface area contributed by atoms with Crippen LogP contribution in [0.15, 0.2) is 48.5 Å². The highest BCUT2D eigenvalue weighted by Gasteiger charge is 2.51. The first-order valence-corrected chi connectivity index (χ1v) is 6.82. The molecule has 2 aromatic rings. The predicted octanol–water partition coefficient (Wildman–Crippen LogP) is 3.28. The second-order valence-corrected chi connectivity index (χ2v) is 5.61. The lowest BCUT2D eigenvalue weighted by atomic mass is 9.77. The van der Waals surface area contributed by atoms with Gasteiger partial charge in [-0.25, -0.2) is 0 Å². The fourth-order valence-corrected chi connectivity index (χ4v) is 3.47. The van der Waals surface area contributed by atoms with Crippen LogP contribution < -0.4 is 4.90 Å². The minimum atomic E-state index is -0.618. The van der Waals surface area contributed by atoms with Gasteiger partial charge in [0.1, 0.15) is 5.41 Å². The Balaban J connectivity index is 2.09. The van der Waals surface area contributed by atoms with Crippen LogP contribution in [0.1, 0.15) is 22.3 Å². The molecule has 4 rings (SSSR count). The van der Waals surface area contributed by atoms with Crippen LogP contribution in [0.4, 0.5) is 5.69 Å². The molecule has 0 saturated heterocycles. The van der Waals surface area contributed by atoms with Crippen LogP contribution in [0.3, 0.4) is 0 Å². The maximum atomic E-state index is 12.9. The molecule has 2 heteroatoms. The van der Waals surface area contributed by atoms with Crippen molar-refractivity contribution in [1.29, 1.82) is 0 Å². The number of fused-ring (bicyclic) bond motifs is 4. The third-order valence-electron chi connectivity index (χ3n) is 4.48. The largest absolute Gasteiger partial charge is 0.314 e. The summed E-state index contributed by atoms with van der Waals surface area (Å²) in [5.41, 5.74) is 4.93. The van der Waals surface area contributed by atoms with E-state index in [1.54, 1.807) is 4.90 Å². The Hall–Kier alpha value is -2.35. The molecular formula is C18H15NO. The van der Waals surface area contributed by atoms with Gasteiger partial charge >= 0.3 is 0 Å². The Morgan fingerprint density at radius 2 is 1.85 bits per heavy atom. The zero-order valence-electron chi connectivity index (χ0n) is 11.6. The highest BCUT2D eigenvalue weighted by molar-refractivity contribution is 6.13. The average molecular weight is 261 g/mol. The molecule has 1 spiro atoms. The Bertz CT molecular complexity index is 775. The van der Waals surface area contributed by atoms with Crippen molar-refractivity contribution >= 4 is 17.7 Å². The Kier molecular flexibility index (Phi) is 2.07. The summed E-state index contributed by atoms with van der Waals surface area (Å²) in [5, 5.41) is 0. The first-order chi connectivity index (χ1) is 9.64. The van der Waals surface area contributed by atoms with Crippen molar-refractivity contribution in [1.82, 2.24) is 0 Å². The van der Waals surface area contributed by atoms with Crippen molar-refractivity contribution in [2.45, 2.75) is 12.3 Å². The van der Waals surface area contributed by atoms with Gasteiger partial charge in [-0.1, -0.05) is 54.1 Å². The molecule has 1 aliphatic heterocycles. The highest BCUT2D eigenvalue weighted by Crippen LogP contribution is 2.50. The number of anilines is 1. The van der Waals surface area contributed by atoms with Gasteiger partial charge in [0.25, 0.3) is 0 Å². The maximum Gasteiger partial charge on any atom is 0.245 e.